The van der Waals surface area contributed by atoms with Crippen LogP contribution in [0.2, 0.25) is 0 Å². The van der Waals surface area contributed by atoms with Gasteiger partial charge in [-0.1, -0.05) is 43.3 Å². The summed E-state index contributed by atoms with van der Waals surface area (Å²) in [5.41, 5.74) is 8.00. The number of hydrogen-bond acceptors (Lipinski definition) is 1. The number of hydrogen-bond donors (Lipinski definition) is 1. The van der Waals surface area contributed by atoms with Gasteiger partial charge in [0.05, 0.1) is 0 Å². The molecule has 0 saturated heterocycles. The molecule has 2 rings (SSSR count). The molecule has 3 heteroatoms. The molecule has 0 amide bonds. The fourth-order valence-electron chi connectivity index (χ4n) is 2.17. The van der Waals surface area contributed by atoms with Gasteiger partial charge in [-0.2, -0.15) is 0 Å². The number of rotatable bonds is 4. The molecule has 2 atom stereocenters. The molecule has 0 saturated carbocycles. The molecule has 100 valence electrons. The van der Waals surface area contributed by atoms with E-state index in [0.29, 0.717) is 6.42 Å². The van der Waals surface area contributed by atoms with Crippen molar-refractivity contribution in [2.75, 3.05) is 0 Å². The second-order valence-corrected chi connectivity index (χ2v) is 4.87. The molecule has 0 aliphatic rings. The van der Waals surface area contributed by atoms with Crippen LogP contribution in [0.15, 0.2) is 48.5 Å². The molecule has 2 aromatic carbocycles. The molecule has 2 unspecified atom stereocenters. The largest absolute Gasteiger partial charge is 0.324 e. The van der Waals surface area contributed by atoms with Crippen molar-refractivity contribution in [2.45, 2.75) is 19.4 Å². The van der Waals surface area contributed by atoms with Crippen LogP contribution in [0.3, 0.4) is 0 Å². The first kappa shape index (κ1) is 13.7. The molecule has 19 heavy (non-hydrogen) atoms. The smallest absolute Gasteiger partial charge is 0.159 e. The van der Waals surface area contributed by atoms with Crippen molar-refractivity contribution in [3.8, 4) is 0 Å². The lowest BCUT2D eigenvalue weighted by Crippen LogP contribution is -2.20. The zero-order valence-corrected chi connectivity index (χ0v) is 10.8. The van der Waals surface area contributed by atoms with Crippen molar-refractivity contribution in [1.82, 2.24) is 0 Å². The molecule has 1 nitrogen and oxygen atoms in total. The van der Waals surface area contributed by atoms with Crippen molar-refractivity contribution in [3.05, 3.63) is 71.3 Å². The summed E-state index contributed by atoms with van der Waals surface area (Å²) in [6.45, 7) is 2.01. The van der Waals surface area contributed by atoms with Crippen LogP contribution in [0.25, 0.3) is 0 Å². The first-order valence-corrected chi connectivity index (χ1v) is 6.32. The van der Waals surface area contributed by atoms with Crippen LogP contribution in [0, 0.1) is 17.6 Å². The van der Waals surface area contributed by atoms with E-state index in [9.17, 15) is 8.78 Å². The summed E-state index contributed by atoms with van der Waals surface area (Å²) < 4.78 is 26.0. The average molecular weight is 261 g/mol. The van der Waals surface area contributed by atoms with Crippen LogP contribution in [0.5, 0.6) is 0 Å². The third-order valence-electron chi connectivity index (χ3n) is 3.34. The maximum absolute atomic E-state index is 13.1. The van der Waals surface area contributed by atoms with Gasteiger partial charge in [0.1, 0.15) is 0 Å². The van der Waals surface area contributed by atoms with E-state index in [-0.39, 0.29) is 12.0 Å². The molecule has 0 bridgehead atoms. The Hall–Kier alpha value is -1.74. The minimum atomic E-state index is -0.816. The first-order chi connectivity index (χ1) is 9.08. The maximum Gasteiger partial charge on any atom is 0.159 e. The van der Waals surface area contributed by atoms with E-state index in [4.69, 9.17) is 5.73 Å². The Labute approximate surface area is 112 Å². The minimum Gasteiger partial charge on any atom is -0.324 e. The molecule has 0 aliphatic carbocycles. The normalized spacial score (nSPS) is 14.1. The van der Waals surface area contributed by atoms with Crippen molar-refractivity contribution < 1.29 is 8.78 Å². The molecule has 0 aliphatic heterocycles. The first-order valence-electron chi connectivity index (χ1n) is 6.32. The summed E-state index contributed by atoms with van der Waals surface area (Å²) in [7, 11) is 0. The predicted octanol–water partition coefficient (Wildman–Crippen LogP) is 3.84. The summed E-state index contributed by atoms with van der Waals surface area (Å²) in [4.78, 5) is 0. The molecule has 0 radical (unpaired) electrons. The zero-order chi connectivity index (χ0) is 13.8. The Morgan fingerprint density at radius 3 is 2.32 bits per heavy atom. The van der Waals surface area contributed by atoms with Crippen LogP contribution in [-0.4, -0.2) is 0 Å². The monoisotopic (exact) mass is 261 g/mol. The summed E-state index contributed by atoms with van der Waals surface area (Å²) in [5, 5.41) is 0. The molecule has 0 spiro atoms. The van der Waals surface area contributed by atoms with Gasteiger partial charge in [-0.25, -0.2) is 8.78 Å². The third-order valence-corrected chi connectivity index (χ3v) is 3.34. The van der Waals surface area contributed by atoms with Gasteiger partial charge < -0.3 is 5.73 Å². The minimum absolute atomic E-state index is 0.116. The van der Waals surface area contributed by atoms with E-state index in [0.717, 1.165) is 17.2 Å². The molecule has 0 heterocycles. The fourth-order valence-corrected chi connectivity index (χ4v) is 2.17. The van der Waals surface area contributed by atoms with E-state index < -0.39 is 11.6 Å². The standard InChI is InChI=1S/C16H17F2N/c1-11(16(19)13-5-3-2-4-6-13)9-12-7-8-14(17)15(18)10-12/h2-8,10-11,16H,9,19H2,1H3. The van der Waals surface area contributed by atoms with Crippen LogP contribution in [0.1, 0.15) is 24.1 Å². The maximum atomic E-state index is 13.1. The summed E-state index contributed by atoms with van der Waals surface area (Å²) >= 11 is 0. The highest BCUT2D eigenvalue weighted by Crippen LogP contribution is 2.23. The van der Waals surface area contributed by atoms with Gasteiger partial charge in [0.2, 0.25) is 0 Å². The Kier molecular flexibility index (Phi) is 4.27. The lowest BCUT2D eigenvalue weighted by atomic mass is 9.90. The van der Waals surface area contributed by atoms with Crippen molar-refractivity contribution in [2.24, 2.45) is 11.7 Å². The second-order valence-electron chi connectivity index (χ2n) is 4.87. The summed E-state index contributed by atoms with van der Waals surface area (Å²) in [6, 6.07) is 13.7. The number of halogens is 2. The van der Waals surface area contributed by atoms with Gasteiger partial charge >= 0.3 is 0 Å². The van der Waals surface area contributed by atoms with Crippen molar-refractivity contribution >= 4 is 0 Å². The van der Waals surface area contributed by atoms with Crippen LogP contribution in [-0.2, 0) is 6.42 Å². The van der Waals surface area contributed by atoms with Crippen molar-refractivity contribution in [1.29, 1.82) is 0 Å². The summed E-state index contributed by atoms with van der Waals surface area (Å²) in [6.07, 6.45) is 0.618. The Bertz CT molecular complexity index is 540. The van der Waals surface area contributed by atoms with E-state index in [1.165, 1.54) is 6.07 Å². The molecular weight excluding hydrogens is 244 g/mol. The fraction of sp³-hybridized carbons (Fsp3) is 0.250. The molecular formula is C16H17F2N. The van der Waals surface area contributed by atoms with Gasteiger partial charge in [0, 0.05) is 6.04 Å². The van der Waals surface area contributed by atoms with E-state index in [1.807, 2.05) is 37.3 Å². The Morgan fingerprint density at radius 1 is 1.00 bits per heavy atom. The van der Waals surface area contributed by atoms with Crippen molar-refractivity contribution in [3.63, 3.8) is 0 Å². The SMILES string of the molecule is CC(Cc1ccc(F)c(F)c1)C(N)c1ccccc1. The molecule has 0 aromatic heterocycles. The zero-order valence-electron chi connectivity index (χ0n) is 10.8. The third kappa shape index (κ3) is 3.38. The van der Waals surface area contributed by atoms with E-state index >= 15 is 0 Å². The van der Waals surface area contributed by atoms with Gasteiger partial charge in [-0.05, 0) is 35.6 Å². The summed E-state index contributed by atoms with van der Waals surface area (Å²) in [5.74, 6) is -1.48. The Morgan fingerprint density at radius 2 is 1.68 bits per heavy atom. The second kappa shape index (κ2) is 5.93. The molecule has 2 aromatic rings. The number of nitrogens with two attached hydrogens (primary N) is 1. The highest BCUT2D eigenvalue weighted by molar-refractivity contribution is 5.22. The average Bonchev–Trinajstić information content (AvgIpc) is 2.43. The lowest BCUT2D eigenvalue weighted by Gasteiger charge is -2.20. The van der Waals surface area contributed by atoms with Crippen LogP contribution >= 0.6 is 0 Å². The topological polar surface area (TPSA) is 26.0 Å². The highest BCUT2D eigenvalue weighted by atomic mass is 19.2. The van der Waals surface area contributed by atoms with Crippen LogP contribution in [0.4, 0.5) is 8.78 Å². The molecule has 2 N–H and O–H groups in total. The van der Waals surface area contributed by atoms with E-state index in [2.05, 4.69) is 0 Å². The number of benzene rings is 2. The lowest BCUT2D eigenvalue weighted by molar-refractivity contribution is 0.463. The molecule has 0 fully saturated rings. The van der Waals surface area contributed by atoms with E-state index in [1.54, 1.807) is 6.07 Å². The van der Waals surface area contributed by atoms with Gasteiger partial charge in [0.15, 0.2) is 11.6 Å². The Balaban J connectivity index is 2.08. The van der Waals surface area contributed by atoms with Gasteiger partial charge in [0.25, 0.3) is 0 Å². The predicted molar refractivity (Wildman–Crippen MR) is 72.6 cm³/mol. The van der Waals surface area contributed by atoms with Crippen LogP contribution < -0.4 is 5.73 Å². The quantitative estimate of drug-likeness (QED) is 0.889. The highest BCUT2D eigenvalue weighted by Gasteiger charge is 2.15. The van der Waals surface area contributed by atoms with Gasteiger partial charge in [-0.3, -0.25) is 0 Å². The van der Waals surface area contributed by atoms with Gasteiger partial charge in [-0.15, -0.1) is 0 Å².